The Morgan fingerprint density at radius 3 is 2.31 bits per heavy atom. The van der Waals surface area contributed by atoms with Gasteiger partial charge < -0.3 is 20.1 Å². The summed E-state index contributed by atoms with van der Waals surface area (Å²) in [6.07, 6.45) is 0. The fourth-order valence-corrected chi connectivity index (χ4v) is 2.54. The third-order valence-electron chi connectivity index (χ3n) is 3.93. The number of hydrogen-bond donors (Lipinski definition) is 2. The van der Waals surface area contributed by atoms with E-state index in [0.29, 0.717) is 27.8 Å². The van der Waals surface area contributed by atoms with Crippen LogP contribution in [0.4, 0.5) is 5.69 Å². The number of benzene rings is 2. The van der Waals surface area contributed by atoms with Crippen LogP contribution in [0.5, 0.6) is 11.5 Å². The van der Waals surface area contributed by atoms with Gasteiger partial charge >= 0.3 is 0 Å². The van der Waals surface area contributed by atoms with Gasteiger partial charge in [-0.1, -0.05) is 17.7 Å². The Labute approximate surface area is 157 Å². The Hall–Kier alpha value is -2.73. The van der Waals surface area contributed by atoms with Crippen molar-refractivity contribution >= 4 is 29.1 Å². The Morgan fingerprint density at radius 1 is 1.00 bits per heavy atom. The molecule has 0 bridgehead atoms. The van der Waals surface area contributed by atoms with Crippen LogP contribution in [0.3, 0.4) is 0 Å². The molecule has 0 heterocycles. The van der Waals surface area contributed by atoms with E-state index in [4.69, 9.17) is 21.1 Å². The average Bonchev–Trinajstić information content (AvgIpc) is 2.62. The van der Waals surface area contributed by atoms with Gasteiger partial charge in [0.25, 0.3) is 5.91 Å². The highest BCUT2D eigenvalue weighted by atomic mass is 35.5. The van der Waals surface area contributed by atoms with E-state index in [0.717, 1.165) is 11.1 Å². The maximum atomic E-state index is 12.2. The van der Waals surface area contributed by atoms with Crippen molar-refractivity contribution in [3.05, 3.63) is 52.0 Å². The average molecular weight is 377 g/mol. The molecule has 138 valence electrons. The van der Waals surface area contributed by atoms with E-state index in [1.54, 1.807) is 18.2 Å². The smallest absolute Gasteiger partial charge is 0.251 e. The summed E-state index contributed by atoms with van der Waals surface area (Å²) in [5.74, 6) is 0.120. The largest absolute Gasteiger partial charge is 0.495 e. The van der Waals surface area contributed by atoms with Crippen LogP contribution < -0.4 is 20.1 Å². The number of hydrogen-bond acceptors (Lipinski definition) is 4. The summed E-state index contributed by atoms with van der Waals surface area (Å²) >= 11 is 6.08. The van der Waals surface area contributed by atoms with Crippen LogP contribution >= 0.6 is 11.6 Å². The van der Waals surface area contributed by atoms with Crippen molar-refractivity contribution in [2.24, 2.45) is 0 Å². The number of carbonyl (C=O) groups excluding carboxylic acids is 2. The monoisotopic (exact) mass is 376 g/mol. The summed E-state index contributed by atoms with van der Waals surface area (Å²) < 4.78 is 10.3. The molecule has 0 aliphatic carbocycles. The standard InChI is InChI=1S/C19H21ClN2O4/c1-11-5-6-13(7-12(11)2)19(24)21-10-18(23)22-15-8-14(20)16(25-3)9-17(15)26-4/h5-9H,10H2,1-4H3,(H,21,24)(H,22,23). The number of rotatable bonds is 6. The number of amides is 2. The molecule has 0 spiro atoms. The molecule has 7 heteroatoms. The van der Waals surface area contributed by atoms with Crippen molar-refractivity contribution in [2.75, 3.05) is 26.1 Å². The van der Waals surface area contributed by atoms with Crippen LogP contribution in [0.15, 0.2) is 30.3 Å². The van der Waals surface area contributed by atoms with Gasteiger partial charge in [0.15, 0.2) is 0 Å². The number of methoxy groups -OCH3 is 2. The predicted octanol–water partition coefficient (Wildman–Crippen LogP) is 3.34. The Morgan fingerprint density at radius 2 is 1.69 bits per heavy atom. The summed E-state index contributed by atoms with van der Waals surface area (Å²) in [6.45, 7) is 3.72. The van der Waals surface area contributed by atoms with Gasteiger partial charge in [0.2, 0.25) is 5.91 Å². The molecule has 0 aromatic heterocycles. The van der Waals surface area contributed by atoms with Crippen LogP contribution in [-0.2, 0) is 4.79 Å². The molecule has 2 N–H and O–H groups in total. The lowest BCUT2D eigenvalue weighted by Crippen LogP contribution is -2.33. The fourth-order valence-electron chi connectivity index (χ4n) is 2.30. The number of carbonyl (C=O) groups is 2. The molecular weight excluding hydrogens is 356 g/mol. The normalized spacial score (nSPS) is 10.2. The molecule has 0 saturated heterocycles. The minimum atomic E-state index is -0.401. The molecule has 0 unspecified atom stereocenters. The Kier molecular flexibility index (Phi) is 6.46. The van der Waals surface area contributed by atoms with Crippen molar-refractivity contribution in [3.63, 3.8) is 0 Å². The molecule has 2 rings (SSSR count). The third kappa shape index (κ3) is 4.67. The van der Waals surface area contributed by atoms with E-state index in [1.807, 2.05) is 19.9 Å². The molecule has 0 saturated carbocycles. The maximum Gasteiger partial charge on any atom is 0.251 e. The van der Waals surface area contributed by atoms with Crippen LogP contribution in [0, 0.1) is 13.8 Å². The van der Waals surface area contributed by atoms with Crippen LogP contribution in [-0.4, -0.2) is 32.6 Å². The van der Waals surface area contributed by atoms with Crippen LogP contribution in [0.2, 0.25) is 5.02 Å². The van der Waals surface area contributed by atoms with Gasteiger partial charge in [0.05, 0.1) is 31.5 Å². The first kappa shape index (κ1) is 19.6. The Balaban J connectivity index is 2.01. The molecular formula is C19H21ClN2O4. The van der Waals surface area contributed by atoms with Crippen molar-refractivity contribution in [2.45, 2.75) is 13.8 Å². The molecule has 2 aromatic carbocycles. The zero-order chi connectivity index (χ0) is 19.3. The molecule has 2 aromatic rings. The molecule has 0 aliphatic heterocycles. The third-order valence-corrected chi connectivity index (χ3v) is 4.22. The second kappa shape index (κ2) is 8.58. The van der Waals surface area contributed by atoms with Crippen molar-refractivity contribution in [1.29, 1.82) is 0 Å². The molecule has 26 heavy (non-hydrogen) atoms. The molecule has 2 amide bonds. The maximum absolute atomic E-state index is 12.2. The second-order valence-electron chi connectivity index (χ2n) is 5.72. The van der Waals surface area contributed by atoms with E-state index in [1.165, 1.54) is 20.3 Å². The van der Waals surface area contributed by atoms with Crippen molar-refractivity contribution in [1.82, 2.24) is 5.32 Å². The number of aryl methyl sites for hydroxylation is 2. The van der Waals surface area contributed by atoms with E-state index in [-0.39, 0.29) is 12.5 Å². The first-order valence-electron chi connectivity index (χ1n) is 7.92. The second-order valence-corrected chi connectivity index (χ2v) is 6.12. The summed E-state index contributed by atoms with van der Waals surface area (Å²) in [6, 6.07) is 8.49. The minimum absolute atomic E-state index is 0.182. The fraction of sp³-hybridized carbons (Fsp3) is 0.263. The highest BCUT2D eigenvalue weighted by molar-refractivity contribution is 6.32. The van der Waals surface area contributed by atoms with Crippen LogP contribution in [0.1, 0.15) is 21.5 Å². The first-order chi connectivity index (χ1) is 12.3. The lowest BCUT2D eigenvalue weighted by Gasteiger charge is -2.13. The number of nitrogens with one attached hydrogen (secondary N) is 2. The lowest BCUT2D eigenvalue weighted by atomic mass is 10.1. The molecule has 6 nitrogen and oxygen atoms in total. The van der Waals surface area contributed by atoms with Gasteiger partial charge in [-0.2, -0.15) is 0 Å². The molecule has 0 radical (unpaired) electrons. The van der Waals surface area contributed by atoms with Gasteiger partial charge in [0.1, 0.15) is 11.5 Å². The van der Waals surface area contributed by atoms with Gasteiger partial charge in [-0.25, -0.2) is 0 Å². The minimum Gasteiger partial charge on any atom is -0.495 e. The number of ether oxygens (including phenoxy) is 2. The molecule has 0 fully saturated rings. The molecule has 0 aliphatic rings. The molecule has 0 atom stereocenters. The van der Waals surface area contributed by atoms with Crippen molar-refractivity contribution in [3.8, 4) is 11.5 Å². The van der Waals surface area contributed by atoms with E-state index >= 15 is 0 Å². The SMILES string of the molecule is COc1cc(OC)c(NC(=O)CNC(=O)c2ccc(C)c(C)c2)cc1Cl. The highest BCUT2D eigenvalue weighted by Gasteiger charge is 2.14. The van der Waals surface area contributed by atoms with Crippen LogP contribution in [0.25, 0.3) is 0 Å². The van der Waals surface area contributed by atoms with Gasteiger partial charge in [0, 0.05) is 11.6 Å². The van der Waals surface area contributed by atoms with E-state index < -0.39 is 5.91 Å². The zero-order valence-electron chi connectivity index (χ0n) is 15.1. The quantitative estimate of drug-likeness (QED) is 0.810. The van der Waals surface area contributed by atoms with Crippen molar-refractivity contribution < 1.29 is 19.1 Å². The van der Waals surface area contributed by atoms with E-state index in [9.17, 15) is 9.59 Å². The Bertz CT molecular complexity index is 837. The topological polar surface area (TPSA) is 76.7 Å². The van der Waals surface area contributed by atoms with Gasteiger partial charge in [-0.05, 0) is 43.2 Å². The number of anilines is 1. The zero-order valence-corrected chi connectivity index (χ0v) is 15.9. The number of halogens is 1. The van der Waals surface area contributed by atoms with Gasteiger partial charge in [-0.15, -0.1) is 0 Å². The summed E-state index contributed by atoms with van der Waals surface area (Å²) in [5, 5.41) is 5.59. The van der Waals surface area contributed by atoms with Gasteiger partial charge in [-0.3, -0.25) is 9.59 Å². The summed E-state index contributed by atoms with van der Waals surface area (Å²) in [4.78, 5) is 24.3. The first-order valence-corrected chi connectivity index (χ1v) is 8.30. The highest BCUT2D eigenvalue weighted by Crippen LogP contribution is 2.35. The van der Waals surface area contributed by atoms with E-state index in [2.05, 4.69) is 10.6 Å². The lowest BCUT2D eigenvalue weighted by molar-refractivity contribution is -0.115. The predicted molar refractivity (Wildman–Crippen MR) is 101 cm³/mol. The summed E-state index contributed by atoms with van der Waals surface area (Å²) in [5.41, 5.74) is 3.01. The summed E-state index contributed by atoms with van der Waals surface area (Å²) in [7, 11) is 2.96.